The number of hydrogen-bond donors (Lipinski definition) is 1. The van der Waals surface area contributed by atoms with Gasteiger partial charge in [0.15, 0.2) is 0 Å². The summed E-state index contributed by atoms with van der Waals surface area (Å²) in [7, 11) is -3.78. The molecule has 0 heterocycles. The van der Waals surface area contributed by atoms with Gasteiger partial charge in [0.05, 0.1) is 11.0 Å². The fourth-order valence-corrected chi connectivity index (χ4v) is 4.27. The minimum absolute atomic E-state index is 0.0498. The second kappa shape index (κ2) is 12.5. The Morgan fingerprint density at radius 2 is 1.58 bits per heavy atom. The van der Waals surface area contributed by atoms with Gasteiger partial charge in [-0.2, -0.15) is 8.42 Å². The van der Waals surface area contributed by atoms with Crippen LogP contribution in [0.1, 0.15) is 77.2 Å². The Labute approximate surface area is 160 Å². The Kier molecular flexibility index (Phi) is 11.1. The number of aliphatic hydroxyl groups is 1. The van der Waals surface area contributed by atoms with Gasteiger partial charge in [-0.15, -0.1) is 0 Å². The topological polar surface area (TPSA) is 63.6 Å². The molecule has 0 bridgehead atoms. The van der Waals surface area contributed by atoms with Crippen molar-refractivity contribution in [3.8, 4) is 0 Å². The molecule has 0 aliphatic heterocycles. The zero-order valence-corrected chi connectivity index (χ0v) is 17.4. The highest BCUT2D eigenvalue weighted by atomic mass is 32.2. The van der Waals surface area contributed by atoms with E-state index in [0.29, 0.717) is 12.8 Å². The van der Waals surface area contributed by atoms with Crippen LogP contribution in [0.5, 0.6) is 0 Å². The van der Waals surface area contributed by atoms with Crippen LogP contribution in [-0.4, -0.2) is 26.2 Å². The van der Waals surface area contributed by atoms with Gasteiger partial charge >= 0.3 is 0 Å². The third kappa shape index (κ3) is 8.65. The maximum Gasteiger partial charge on any atom is 0.297 e. The molecule has 0 aliphatic rings. The molecule has 0 radical (unpaired) electrons. The number of rotatable bonds is 14. The molecule has 1 rings (SSSR count). The van der Waals surface area contributed by atoms with Crippen LogP contribution in [-0.2, 0) is 14.3 Å². The summed E-state index contributed by atoms with van der Waals surface area (Å²) in [6, 6.07) is 6.73. The summed E-state index contributed by atoms with van der Waals surface area (Å²) in [6.45, 7) is 6.23. The summed E-state index contributed by atoms with van der Waals surface area (Å²) < 4.78 is 30.8. The van der Waals surface area contributed by atoms with Crippen LogP contribution in [0.15, 0.2) is 29.2 Å². The molecular weight excluding hydrogens is 348 g/mol. The number of aryl methyl sites for hydroxylation is 1. The molecule has 0 aliphatic carbocycles. The smallest absolute Gasteiger partial charge is 0.297 e. The van der Waals surface area contributed by atoms with Gasteiger partial charge in [-0.05, 0) is 44.2 Å². The van der Waals surface area contributed by atoms with Gasteiger partial charge in [0, 0.05) is 6.61 Å². The maximum absolute atomic E-state index is 12.6. The Morgan fingerprint density at radius 3 is 2.19 bits per heavy atom. The van der Waals surface area contributed by atoms with E-state index < -0.39 is 10.1 Å². The molecule has 0 aromatic heterocycles. The van der Waals surface area contributed by atoms with Crippen LogP contribution in [0.3, 0.4) is 0 Å². The molecule has 0 saturated heterocycles. The standard InChI is InChI=1S/C21H36O4S/c1-4-5-6-7-8-9-11-19(3)21(12-10-17-22)25-26(23,24)20-15-13-18(2)14-16-20/h13-16,19,21-22H,4-12,17H2,1-3H3. The lowest BCUT2D eigenvalue weighted by Gasteiger charge is -2.24. The van der Waals surface area contributed by atoms with Crippen molar-refractivity contribution in [2.45, 2.75) is 89.6 Å². The molecule has 1 N–H and O–H groups in total. The highest BCUT2D eigenvalue weighted by Crippen LogP contribution is 2.25. The molecule has 2 unspecified atom stereocenters. The number of hydrogen-bond acceptors (Lipinski definition) is 4. The molecule has 150 valence electrons. The molecule has 0 saturated carbocycles. The van der Waals surface area contributed by atoms with E-state index in [2.05, 4.69) is 13.8 Å². The molecule has 2 atom stereocenters. The van der Waals surface area contributed by atoms with Crippen LogP contribution < -0.4 is 0 Å². The van der Waals surface area contributed by atoms with Gasteiger partial charge in [-0.3, -0.25) is 4.18 Å². The van der Waals surface area contributed by atoms with E-state index in [9.17, 15) is 8.42 Å². The summed E-state index contributed by atoms with van der Waals surface area (Å²) in [6.07, 6.45) is 8.98. The molecule has 0 spiro atoms. The SMILES string of the molecule is CCCCCCCCC(C)C(CCCO)OS(=O)(=O)c1ccc(C)cc1. The first-order valence-corrected chi connectivity index (χ1v) is 11.4. The lowest BCUT2D eigenvalue weighted by molar-refractivity contribution is 0.122. The van der Waals surface area contributed by atoms with Gasteiger partial charge in [0.1, 0.15) is 0 Å². The van der Waals surface area contributed by atoms with Crippen LogP contribution >= 0.6 is 0 Å². The number of aliphatic hydroxyl groups excluding tert-OH is 1. The lowest BCUT2D eigenvalue weighted by Crippen LogP contribution is -2.26. The van der Waals surface area contributed by atoms with E-state index in [0.717, 1.165) is 18.4 Å². The highest BCUT2D eigenvalue weighted by molar-refractivity contribution is 7.86. The zero-order valence-electron chi connectivity index (χ0n) is 16.6. The van der Waals surface area contributed by atoms with E-state index in [-0.39, 0.29) is 23.5 Å². The minimum atomic E-state index is -3.78. The van der Waals surface area contributed by atoms with Gasteiger partial charge in [0.25, 0.3) is 10.1 Å². The highest BCUT2D eigenvalue weighted by Gasteiger charge is 2.25. The van der Waals surface area contributed by atoms with Gasteiger partial charge in [-0.25, -0.2) is 0 Å². The van der Waals surface area contributed by atoms with Crippen molar-refractivity contribution >= 4 is 10.1 Å². The molecule has 1 aromatic rings. The van der Waals surface area contributed by atoms with Crippen LogP contribution in [0.25, 0.3) is 0 Å². The Bertz CT molecular complexity index is 581. The lowest BCUT2D eigenvalue weighted by atomic mass is 9.94. The average molecular weight is 385 g/mol. The molecule has 26 heavy (non-hydrogen) atoms. The summed E-state index contributed by atoms with van der Waals surface area (Å²) in [5.41, 5.74) is 1.01. The second-order valence-corrected chi connectivity index (χ2v) is 8.87. The van der Waals surface area contributed by atoms with Crippen molar-refractivity contribution in [2.24, 2.45) is 5.92 Å². The first kappa shape index (κ1) is 23.1. The predicted octanol–water partition coefficient (Wildman–Crippen LogP) is 5.23. The van der Waals surface area contributed by atoms with Gasteiger partial charge in [-0.1, -0.05) is 70.1 Å². The van der Waals surface area contributed by atoms with E-state index in [1.54, 1.807) is 24.3 Å². The normalized spacial score (nSPS) is 14.3. The van der Waals surface area contributed by atoms with E-state index >= 15 is 0 Å². The van der Waals surface area contributed by atoms with Crippen molar-refractivity contribution in [2.75, 3.05) is 6.61 Å². The molecular formula is C21H36O4S. The predicted molar refractivity (Wildman–Crippen MR) is 107 cm³/mol. The first-order valence-electron chi connectivity index (χ1n) is 10.0. The quantitative estimate of drug-likeness (QED) is 0.352. The average Bonchev–Trinajstić information content (AvgIpc) is 2.61. The summed E-state index contributed by atoms with van der Waals surface area (Å²) in [5, 5.41) is 9.13. The molecule has 0 amide bonds. The number of unbranched alkanes of at least 4 members (excludes halogenated alkanes) is 5. The van der Waals surface area contributed by atoms with Gasteiger partial charge in [0.2, 0.25) is 0 Å². The fourth-order valence-electron chi connectivity index (χ4n) is 3.08. The van der Waals surface area contributed by atoms with Crippen molar-refractivity contribution in [3.05, 3.63) is 29.8 Å². The molecule has 1 aromatic carbocycles. The Hall–Kier alpha value is -0.910. The second-order valence-electron chi connectivity index (χ2n) is 7.30. The molecule has 4 nitrogen and oxygen atoms in total. The Balaban J connectivity index is 2.62. The third-order valence-corrected chi connectivity index (χ3v) is 6.20. The summed E-state index contributed by atoms with van der Waals surface area (Å²) >= 11 is 0. The zero-order chi connectivity index (χ0) is 19.4. The van der Waals surface area contributed by atoms with Gasteiger partial charge < -0.3 is 5.11 Å². The third-order valence-electron chi connectivity index (χ3n) is 4.85. The first-order chi connectivity index (χ1) is 12.4. The monoisotopic (exact) mass is 384 g/mol. The van der Waals surface area contributed by atoms with E-state index in [1.165, 1.54) is 32.1 Å². The van der Waals surface area contributed by atoms with E-state index in [4.69, 9.17) is 9.29 Å². The molecule has 5 heteroatoms. The number of benzene rings is 1. The summed E-state index contributed by atoms with van der Waals surface area (Å²) in [5.74, 6) is 0.146. The Morgan fingerprint density at radius 1 is 0.962 bits per heavy atom. The minimum Gasteiger partial charge on any atom is -0.396 e. The van der Waals surface area contributed by atoms with Crippen molar-refractivity contribution < 1.29 is 17.7 Å². The van der Waals surface area contributed by atoms with Crippen molar-refractivity contribution in [1.29, 1.82) is 0 Å². The van der Waals surface area contributed by atoms with Crippen molar-refractivity contribution in [1.82, 2.24) is 0 Å². The van der Waals surface area contributed by atoms with Crippen LogP contribution in [0.2, 0.25) is 0 Å². The summed E-state index contributed by atoms with van der Waals surface area (Å²) in [4.78, 5) is 0.198. The van der Waals surface area contributed by atoms with Crippen LogP contribution in [0.4, 0.5) is 0 Å². The maximum atomic E-state index is 12.6. The van der Waals surface area contributed by atoms with E-state index in [1.807, 2.05) is 6.92 Å². The molecule has 0 fully saturated rings. The largest absolute Gasteiger partial charge is 0.396 e. The fraction of sp³-hybridized carbons (Fsp3) is 0.714. The van der Waals surface area contributed by atoms with Crippen molar-refractivity contribution in [3.63, 3.8) is 0 Å². The van der Waals surface area contributed by atoms with Crippen LogP contribution in [0, 0.1) is 12.8 Å².